The first-order valence-corrected chi connectivity index (χ1v) is 7.58. The van der Waals surface area contributed by atoms with Crippen LogP contribution in [0.4, 0.5) is 5.69 Å². The van der Waals surface area contributed by atoms with Crippen molar-refractivity contribution in [2.45, 2.75) is 23.8 Å². The smallest absolute Gasteiger partial charge is 0.242 e. The van der Waals surface area contributed by atoms with Gasteiger partial charge < -0.3 is 11.1 Å². The lowest BCUT2D eigenvalue weighted by Crippen LogP contribution is -2.47. The van der Waals surface area contributed by atoms with Crippen LogP contribution in [-0.2, 0) is 14.8 Å². The number of rotatable bonds is 3. The number of hydrogen-bond donors (Lipinski definition) is 3. The monoisotopic (exact) mass is 303 g/mol. The Hall–Kier alpha value is -1.31. The van der Waals surface area contributed by atoms with Crippen LogP contribution in [-0.4, -0.2) is 26.9 Å². The summed E-state index contributed by atoms with van der Waals surface area (Å²) in [4.78, 5) is 11.0. The van der Waals surface area contributed by atoms with Crippen LogP contribution in [0.1, 0.15) is 12.8 Å². The third-order valence-electron chi connectivity index (χ3n) is 2.83. The van der Waals surface area contributed by atoms with Gasteiger partial charge in [-0.25, -0.2) is 13.1 Å². The predicted octanol–water partition coefficient (Wildman–Crippen LogP) is 0.479. The van der Waals surface area contributed by atoms with Gasteiger partial charge >= 0.3 is 0 Å². The number of nitrogen functional groups attached to an aromatic ring is 1. The summed E-state index contributed by atoms with van der Waals surface area (Å²) in [6, 6.07) is 3.90. The van der Waals surface area contributed by atoms with Gasteiger partial charge in [-0.1, -0.05) is 11.6 Å². The minimum atomic E-state index is -3.71. The van der Waals surface area contributed by atoms with E-state index in [4.69, 9.17) is 17.3 Å². The van der Waals surface area contributed by atoms with E-state index in [-0.39, 0.29) is 28.4 Å². The molecule has 1 amide bonds. The van der Waals surface area contributed by atoms with Crippen molar-refractivity contribution in [2.24, 2.45) is 0 Å². The number of nitrogens with two attached hydrogens (primary N) is 1. The summed E-state index contributed by atoms with van der Waals surface area (Å²) >= 11 is 5.89. The average molecular weight is 304 g/mol. The number of carbonyl (C=O) groups excluding carboxylic acids is 1. The zero-order valence-corrected chi connectivity index (χ0v) is 11.6. The van der Waals surface area contributed by atoms with Gasteiger partial charge in [0.1, 0.15) is 4.90 Å². The van der Waals surface area contributed by atoms with Gasteiger partial charge in [-0.15, -0.1) is 0 Å². The van der Waals surface area contributed by atoms with Crippen molar-refractivity contribution in [3.63, 3.8) is 0 Å². The molecule has 6 nitrogen and oxygen atoms in total. The zero-order valence-electron chi connectivity index (χ0n) is 10.0. The third kappa shape index (κ3) is 3.37. The molecule has 0 saturated carbocycles. The van der Waals surface area contributed by atoms with Crippen LogP contribution in [0.5, 0.6) is 0 Å². The first-order chi connectivity index (χ1) is 8.88. The minimum absolute atomic E-state index is 0.0136. The van der Waals surface area contributed by atoms with Crippen LogP contribution in [0.15, 0.2) is 23.1 Å². The Kier molecular flexibility index (Phi) is 3.98. The molecule has 0 radical (unpaired) electrons. The average Bonchev–Trinajstić information content (AvgIpc) is 2.31. The molecule has 1 fully saturated rings. The SMILES string of the molecule is Nc1ccc(S(=O)(=O)NC2CCC(=O)NC2)c(Cl)c1. The summed E-state index contributed by atoms with van der Waals surface area (Å²) in [6.07, 6.45) is 0.778. The van der Waals surface area contributed by atoms with E-state index >= 15 is 0 Å². The Balaban J connectivity index is 2.16. The number of halogens is 1. The first-order valence-electron chi connectivity index (χ1n) is 5.72. The van der Waals surface area contributed by atoms with Gasteiger partial charge in [0.15, 0.2) is 0 Å². The van der Waals surface area contributed by atoms with Crippen molar-refractivity contribution in [1.82, 2.24) is 10.0 Å². The molecule has 8 heteroatoms. The second kappa shape index (κ2) is 5.36. The van der Waals surface area contributed by atoms with Crippen molar-refractivity contribution in [2.75, 3.05) is 12.3 Å². The Labute approximate surface area is 116 Å². The van der Waals surface area contributed by atoms with Crippen LogP contribution in [0.3, 0.4) is 0 Å². The van der Waals surface area contributed by atoms with Gasteiger partial charge in [-0.3, -0.25) is 4.79 Å². The highest BCUT2D eigenvalue weighted by Gasteiger charge is 2.25. The summed E-state index contributed by atoms with van der Waals surface area (Å²) in [5.41, 5.74) is 5.92. The van der Waals surface area contributed by atoms with E-state index in [2.05, 4.69) is 10.0 Å². The standard InChI is InChI=1S/C11H14ClN3O3S/c12-9-5-7(13)1-3-10(9)19(17,18)15-8-2-4-11(16)14-6-8/h1,3,5,8,15H,2,4,6,13H2,(H,14,16). The molecule has 19 heavy (non-hydrogen) atoms. The normalized spacial score (nSPS) is 20.1. The molecule has 1 unspecified atom stereocenters. The number of anilines is 1. The van der Waals surface area contributed by atoms with Crippen LogP contribution >= 0.6 is 11.6 Å². The van der Waals surface area contributed by atoms with E-state index in [1.54, 1.807) is 0 Å². The van der Waals surface area contributed by atoms with Gasteiger partial charge in [0.05, 0.1) is 5.02 Å². The fraction of sp³-hybridized carbons (Fsp3) is 0.364. The van der Waals surface area contributed by atoms with Crippen molar-refractivity contribution in [1.29, 1.82) is 0 Å². The molecular weight excluding hydrogens is 290 g/mol. The summed E-state index contributed by atoms with van der Waals surface area (Å²) in [7, 11) is -3.71. The Morgan fingerprint density at radius 2 is 2.16 bits per heavy atom. The molecule has 1 aromatic rings. The second-order valence-electron chi connectivity index (χ2n) is 4.35. The Morgan fingerprint density at radius 3 is 2.74 bits per heavy atom. The number of hydrogen-bond acceptors (Lipinski definition) is 4. The van der Waals surface area contributed by atoms with Gasteiger partial charge in [-0.05, 0) is 24.6 Å². The van der Waals surface area contributed by atoms with Crippen molar-refractivity contribution in [3.8, 4) is 0 Å². The molecular formula is C11H14ClN3O3S. The van der Waals surface area contributed by atoms with Crippen molar-refractivity contribution < 1.29 is 13.2 Å². The largest absolute Gasteiger partial charge is 0.399 e. The van der Waals surface area contributed by atoms with Crippen LogP contribution in [0.25, 0.3) is 0 Å². The molecule has 0 bridgehead atoms. The summed E-state index contributed by atoms with van der Waals surface area (Å²) in [5, 5.41) is 2.69. The number of nitrogens with one attached hydrogen (secondary N) is 2. The lowest BCUT2D eigenvalue weighted by Gasteiger charge is -2.23. The number of carbonyl (C=O) groups is 1. The molecule has 1 aliphatic heterocycles. The minimum Gasteiger partial charge on any atom is -0.399 e. The van der Waals surface area contributed by atoms with E-state index in [0.717, 1.165) is 0 Å². The van der Waals surface area contributed by atoms with Gasteiger partial charge in [0.25, 0.3) is 0 Å². The predicted molar refractivity (Wildman–Crippen MR) is 72.2 cm³/mol. The molecule has 1 aromatic carbocycles. The van der Waals surface area contributed by atoms with E-state index in [1.165, 1.54) is 18.2 Å². The quantitative estimate of drug-likeness (QED) is 0.707. The Morgan fingerprint density at radius 1 is 1.42 bits per heavy atom. The number of sulfonamides is 1. The van der Waals surface area contributed by atoms with E-state index in [0.29, 0.717) is 18.5 Å². The van der Waals surface area contributed by atoms with Gasteiger partial charge in [0.2, 0.25) is 15.9 Å². The lowest BCUT2D eigenvalue weighted by molar-refractivity contribution is -0.122. The molecule has 104 valence electrons. The fourth-order valence-corrected chi connectivity index (χ4v) is 3.67. The van der Waals surface area contributed by atoms with Crippen LogP contribution in [0.2, 0.25) is 5.02 Å². The van der Waals surface area contributed by atoms with Crippen LogP contribution < -0.4 is 15.8 Å². The molecule has 2 rings (SSSR count). The highest BCUT2D eigenvalue weighted by atomic mass is 35.5. The summed E-state index contributed by atoms with van der Waals surface area (Å²) < 4.78 is 26.9. The molecule has 1 aliphatic rings. The highest BCUT2D eigenvalue weighted by Crippen LogP contribution is 2.24. The first kappa shape index (κ1) is 14.1. The number of amides is 1. The highest BCUT2D eigenvalue weighted by molar-refractivity contribution is 7.89. The number of benzene rings is 1. The molecule has 0 aromatic heterocycles. The topological polar surface area (TPSA) is 101 Å². The fourth-order valence-electron chi connectivity index (χ4n) is 1.85. The Bertz CT molecular complexity index is 593. The molecule has 1 atom stereocenters. The molecule has 1 heterocycles. The maximum Gasteiger partial charge on any atom is 0.242 e. The summed E-state index contributed by atoms with van der Waals surface area (Å²) in [5.74, 6) is -0.0686. The maximum atomic E-state index is 12.2. The van der Waals surface area contributed by atoms with Crippen molar-refractivity contribution in [3.05, 3.63) is 23.2 Å². The van der Waals surface area contributed by atoms with Gasteiger partial charge in [-0.2, -0.15) is 0 Å². The molecule has 0 aliphatic carbocycles. The van der Waals surface area contributed by atoms with E-state index in [1.807, 2.05) is 0 Å². The molecule has 0 spiro atoms. The zero-order chi connectivity index (χ0) is 14.0. The summed E-state index contributed by atoms with van der Waals surface area (Å²) in [6.45, 7) is 0.282. The second-order valence-corrected chi connectivity index (χ2v) is 6.44. The van der Waals surface area contributed by atoms with Crippen LogP contribution in [0, 0.1) is 0 Å². The maximum absolute atomic E-state index is 12.2. The van der Waals surface area contributed by atoms with Crippen molar-refractivity contribution >= 4 is 33.2 Å². The lowest BCUT2D eigenvalue weighted by atomic mass is 10.1. The molecule has 1 saturated heterocycles. The number of piperidine rings is 1. The third-order valence-corrected chi connectivity index (χ3v) is 4.84. The van der Waals surface area contributed by atoms with E-state index in [9.17, 15) is 13.2 Å². The molecule has 4 N–H and O–H groups in total. The van der Waals surface area contributed by atoms with Gasteiger partial charge in [0, 0.05) is 24.7 Å². The van der Waals surface area contributed by atoms with E-state index < -0.39 is 10.0 Å².